The van der Waals surface area contributed by atoms with Crippen molar-refractivity contribution in [2.45, 2.75) is 19.9 Å². The highest BCUT2D eigenvalue weighted by atomic mass is 16.5. The summed E-state index contributed by atoms with van der Waals surface area (Å²) in [6.45, 7) is 12.5. The molecule has 1 aromatic carbocycles. The van der Waals surface area contributed by atoms with Crippen molar-refractivity contribution in [1.82, 2.24) is 9.80 Å². The second-order valence-electron chi connectivity index (χ2n) is 6.74. The molecule has 0 saturated carbocycles. The fraction of sp³-hybridized carbons (Fsp3) is 0.684. The molecule has 1 aliphatic rings. The Bertz CT molecular complexity index is 456. The van der Waals surface area contributed by atoms with E-state index < -0.39 is 0 Å². The van der Waals surface area contributed by atoms with Gasteiger partial charge in [0.25, 0.3) is 0 Å². The van der Waals surface area contributed by atoms with Crippen LogP contribution >= 0.6 is 0 Å². The van der Waals surface area contributed by atoms with Gasteiger partial charge < -0.3 is 19.3 Å². The molecule has 0 aromatic heterocycles. The Morgan fingerprint density at radius 3 is 2.29 bits per heavy atom. The summed E-state index contributed by atoms with van der Waals surface area (Å²) in [7, 11) is 3.89. The summed E-state index contributed by atoms with van der Waals surface area (Å²) in [5.74, 6) is 0.908. The molecule has 0 atom stereocenters. The number of methoxy groups -OCH3 is 1. The molecule has 0 N–H and O–H groups in total. The highest BCUT2D eigenvalue weighted by Gasteiger charge is 2.17. The van der Waals surface area contributed by atoms with Crippen molar-refractivity contribution >= 4 is 5.69 Å². The number of likely N-dealkylation sites (N-methyl/N-ethyl adjacent to an activating group) is 1. The van der Waals surface area contributed by atoms with Crippen molar-refractivity contribution in [2.24, 2.45) is 0 Å². The molecule has 5 nitrogen and oxygen atoms in total. The van der Waals surface area contributed by atoms with Gasteiger partial charge in [-0.2, -0.15) is 0 Å². The molecule has 0 amide bonds. The Labute approximate surface area is 147 Å². The van der Waals surface area contributed by atoms with Crippen LogP contribution in [0.3, 0.4) is 0 Å². The van der Waals surface area contributed by atoms with Crippen LogP contribution in [0.25, 0.3) is 0 Å². The summed E-state index contributed by atoms with van der Waals surface area (Å²) in [5.41, 5.74) is 1.29. The van der Waals surface area contributed by atoms with Crippen LogP contribution in [-0.4, -0.2) is 82.5 Å². The van der Waals surface area contributed by atoms with Crippen LogP contribution in [0.15, 0.2) is 24.3 Å². The van der Waals surface area contributed by atoms with Gasteiger partial charge in [0.2, 0.25) is 0 Å². The number of hydrogen-bond acceptors (Lipinski definition) is 5. The zero-order valence-electron chi connectivity index (χ0n) is 15.7. The van der Waals surface area contributed by atoms with Crippen LogP contribution in [0.4, 0.5) is 5.69 Å². The van der Waals surface area contributed by atoms with Gasteiger partial charge in [0, 0.05) is 58.1 Å². The maximum Gasteiger partial charge on any atom is 0.119 e. The topological polar surface area (TPSA) is 28.2 Å². The van der Waals surface area contributed by atoms with Crippen LogP contribution < -0.4 is 9.64 Å². The molecule has 0 bridgehead atoms. The number of anilines is 1. The van der Waals surface area contributed by atoms with E-state index in [9.17, 15) is 0 Å². The largest absolute Gasteiger partial charge is 0.491 e. The zero-order valence-corrected chi connectivity index (χ0v) is 15.7. The molecule has 136 valence electrons. The number of ether oxygens (including phenoxy) is 2. The van der Waals surface area contributed by atoms with Crippen molar-refractivity contribution in [1.29, 1.82) is 0 Å². The Kier molecular flexibility index (Phi) is 7.82. The van der Waals surface area contributed by atoms with Gasteiger partial charge in [-0.3, -0.25) is 4.90 Å². The SMILES string of the molecule is COCCOc1ccc(N2CCN(CCN(C)C(C)C)CC2)cc1. The summed E-state index contributed by atoms with van der Waals surface area (Å²) in [6, 6.07) is 9.04. The van der Waals surface area contributed by atoms with Gasteiger partial charge in [0.15, 0.2) is 0 Å². The first-order valence-corrected chi connectivity index (χ1v) is 8.99. The minimum absolute atomic E-state index is 0.597. The molecule has 5 heteroatoms. The van der Waals surface area contributed by atoms with Crippen molar-refractivity contribution in [3.05, 3.63) is 24.3 Å². The predicted molar refractivity (Wildman–Crippen MR) is 100 cm³/mol. The number of benzene rings is 1. The van der Waals surface area contributed by atoms with Crippen LogP contribution in [0.2, 0.25) is 0 Å². The van der Waals surface area contributed by atoms with E-state index in [1.165, 1.54) is 5.69 Å². The van der Waals surface area contributed by atoms with E-state index in [-0.39, 0.29) is 0 Å². The van der Waals surface area contributed by atoms with Crippen LogP contribution in [0.1, 0.15) is 13.8 Å². The summed E-state index contributed by atoms with van der Waals surface area (Å²) in [4.78, 5) is 7.44. The lowest BCUT2D eigenvalue weighted by molar-refractivity contribution is 0.146. The fourth-order valence-electron chi connectivity index (χ4n) is 2.78. The van der Waals surface area contributed by atoms with Crippen molar-refractivity contribution < 1.29 is 9.47 Å². The molecule has 1 aromatic rings. The Hall–Kier alpha value is -1.30. The zero-order chi connectivity index (χ0) is 17.4. The van der Waals surface area contributed by atoms with Gasteiger partial charge in [0.1, 0.15) is 12.4 Å². The lowest BCUT2D eigenvalue weighted by Gasteiger charge is -2.37. The van der Waals surface area contributed by atoms with Gasteiger partial charge >= 0.3 is 0 Å². The van der Waals surface area contributed by atoms with Crippen molar-refractivity contribution in [3.8, 4) is 5.75 Å². The molecule has 1 saturated heterocycles. The average molecular weight is 335 g/mol. The van der Waals surface area contributed by atoms with E-state index >= 15 is 0 Å². The fourth-order valence-corrected chi connectivity index (χ4v) is 2.78. The molecule has 1 fully saturated rings. The van der Waals surface area contributed by atoms with Gasteiger partial charge in [-0.05, 0) is 45.2 Å². The molecule has 2 rings (SSSR count). The third-order valence-corrected chi connectivity index (χ3v) is 4.78. The van der Waals surface area contributed by atoms with Gasteiger partial charge in [-0.25, -0.2) is 0 Å². The molecule has 24 heavy (non-hydrogen) atoms. The van der Waals surface area contributed by atoms with Crippen molar-refractivity contribution in [3.63, 3.8) is 0 Å². The second-order valence-corrected chi connectivity index (χ2v) is 6.74. The normalized spacial score (nSPS) is 16.2. The Morgan fingerprint density at radius 1 is 1.04 bits per heavy atom. The molecule has 1 heterocycles. The third-order valence-electron chi connectivity index (χ3n) is 4.78. The van der Waals surface area contributed by atoms with Crippen LogP contribution in [0.5, 0.6) is 5.75 Å². The van der Waals surface area contributed by atoms with E-state index in [4.69, 9.17) is 9.47 Å². The highest BCUT2D eigenvalue weighted by Crippen LogP contribution is 2.20. The molecule has 1 aliphatic heterocycles. The number of rotatable bonds is 9. The number of hydrogen-bond donors (Lipinski definition) is 0. The highest BCUT2D eigenvalue weighted by molar-refractivity contribution is 5.49. The van der Waals surface area contributed by atoms with Gasteiger partial charge in [0.05, 0.1) is 6.61 Å². The molecular formula is C19H33N3O2. The maximum atomic E-state index is 5.62. The van der Waals surface area contributed by atoms with Gasteiger partial charge in [-0.1, -0.05) is 0 Å². The lowest BCUT2D eigenvalue weighted by Crippen LogP contribution is -2.48. The van der Waals surface area contributed by atoms with Gasteiger partial charge in [-0.15, -0.1) is 0 Å². The summed E-state index contributed by atoms with van der Waals surface area (Å²) >= 11 is 0. The lowest BCUT2D eigenvalue weighted by atomic mass is 10.2. The molecule has 0 radical (unpaired) electrons. The van der Waals surface area contributed by atoms with E-state index in [0.717, 1.165) is 45.0 Å². The first-order valence-electron chi connectivity index (χ1n) is 8.99. The third kappa shape index (κ3) is 5.96. The molecule has 0 spiro atoms. The smallest absolute Gasteiger partial charge is 0.119 e. The minimum atomic E-state index is 0.597. The molecule has 0 unspecified atom stereocenters. The average Bonchev–Trinajstić information content (AvgIpc) is 2.61. The minimum Gasteiger partial charge on any atom is -0.491 e. The van der Waals surface area contributed by atoms with E-state index in [1.54, 1.807) is 7.11 Å². The summed E-state index contributed by atoms with van der Waals surface area (Å²) < 4.78 is 10.6. The monoisotopic (exact) mass is 335 g/mol. The molecular weight excluding hydrogens is 302 g/mol. The standard InChI is InChI=1S/C19H33N3O2/c1-17(2)20(3)9-10-21-11-13-22(14-12-21)18-5-7-19(8-6-18)24-16-15-23-4/h5-8,17H,9-16H2,1-4H3. The predicted octanol–water partition coefficient (Wildman–Crippen LogP) is 2.17. The summed E-state index contributed by atoms with van der Waals surface area (Å²) in [6.07, 6.45) is 0. The van der Waals surface area contributed by atoms with Crippen LogP contribution in [-0.2, 0) is 4.74 Å². The molecule has 0 aliphatic carbocycles. The van der Waals surface area contributed by atoms with Crippen LogP contribution in [0, 0.1) is 0 Å². The van der Waals surface area contributed by atoms with Crippen molar-refractivity contribution in [2.75, 3.05) is 71.5 Å². The van der Waals surface area contributed by atoms with E-state index in [2.05, 4.69) is 59.9 Å². The Morgan fingerprint density at radius 2 is 1.71 bits per heavy atom. The number of nitrogens with zero attached hydrogens (tertiary/aromatic N) is 3. The maximum absolute atomic E-state index is 5.62. The first kappa shape index (κ1) is 19.0. The van der Waals surface area contributed by atoms with E-state index in [1.807, 2.05) is 0 Å². The summed E-state index contributed by atoms with van der Waals surface area (Å²) in [5, 5.41) is 0. The Balaban J connectivity index is 1.73. The quantitative estimate of drug-likeness (QED) is 0.645. The second kappa shape index (κ2) is 9.87. The first-order chi connectivity index (χ1) is 11.6. The van der Waals surface area contributed by atoms with E-state index in [0.29, 0.717) is 19.3 Å². The number of piperazine rings is 1.